The van der Waals surface area contributed by atoms with Crippen molar-refractivity contribution in [1.82, 2.24) is 4.72 Å². The van der Waals surface area contributed by atoms with Crippen molar-refractivity contribution in [1.29, 1.82) is 0 Å². The monoisotopic (exact) mass is 336 g/mol. The van der Waals surface area contributed by atoms with Gasteiger partial charge in [0.15, 0.2) is 0 Å². The molecule has 21 heavy (non-hydrogen) atoms. The Morgan fingerprint density at radius 1 is 1.52 bits per heavy atom. The molecule has 1 rings (SSSR count). The van der Waals surface area contributed by atoms with Crippen molar-refractivity contribution in [3.8, 4) is 18.1 Å². The van der Waals surface area contributed by atoms with Crippen LogP contribution in [0.15, 0.2) is 23.1 Å². The molecule has 0 aliphatic rings. The van der Waals surface area contributed by atoms with Crippen LogP contribution < -0.4 is 15.2 Å². The van der Waals surface area contributed by atoms with E-state index in [0.29, 0.717) is 0 Å². The molecule has 0 heterocycles. The number of carbonyl (C=O) groups excluding carboxylic acids is 1. The first-order valence-electron chi connectivity index (χ1n) is 5.27. The molecule has 0 spiro atoms. The molecule has 0 radical (unpaired) electrons. The number of rotatable bonds is 7. The average molecular weight is 336 g/mol. The van der Waals surface area contributed by atoms with Gasteiger partial charge in [0, 0.05) is 15.7 Å². The lowest BCUT2D eigenvalue weighted by Gasteiger charge is -2.12. The number of amides is 1. The first-order chi connectivity index (χ1) is 9.76. The smallest absolute Gasteiger partial charge is 0.387 e. The van der Waals surface area contributed by atoms with Crippen molar-refractivity contribution in [3.05, 3.63) is 23.8 Å². The van der Waals surface area contributed by atoms with Crippen molar-refractivity contribution in [3.63, 3.8) is 0 Å². The summed E-state index contributed by atoms with van der Waals surface area (Å²) in [6.07, 6.45) is 4.92. The second-order valence-electron chi connectivity index (χ2n) is 3.43. The van der Waals surface area contributed by atoms with Crippen LogP contribution in [-0.2, 0) is 9.06 Å². The predicted octanol–water partition coefficient (Wildman–Crippen LogP) is 0.947. The summed E-state index contributed by atoms with van der Waals surface area (Å²) in [7, 11) is -3.70. The molecule has 6 nitrogen and oxygen atoms in total. The molecule has 114 valence electrons. The van der Waals surface area contributed by atoms with E-state index < -0.39 is 32.9 Å². The van der Waals surface area contributed by atoms with Crippen molar-refractivity contribution >= 4 is 25.8 Å². The van der Waals surface area contributed by atoms with Crippen LogP contribution in [0.2, 0.25) is 0 Å². The number of halogens is 2. The van der Waals surface area contributed by atoms with E-state index >= 15 is 0 Å². The highest BCUT2D eigenvalue weighted by atomic mass is 33.1. The van der Waals surface area contributed by atoms with Crippen molar-refractivity contribution in [2.45, 2.75) is 11.5 Å². The fourth-order valence-electron chi connectivity index (χ4n) is 1.30. The van der Waals surface area contributed by atoms with Gasteiger partial charge in [0.25, 0.3) is 15.0 Å². The third kappa shape index (κ3) is 5.22. The van der Waals surface area contributed by atoms with Gasteiger partial charge in [0.05, 0.1) is 12.1 Å². The summed E-state index contributed by atoms with van der Waals surface area (Å²) in [5.41, 5.74) is 4.64. The van der Waals surface area contributed by atoms with Crippen LogP contribution in [0.3, 0.4) is 0 Å². The van der Waals surface area contributed by atoms with Crippen LogP contribution in [0.1, 0.15) is 10.4 Å². The minimum Gasteiger partial charge on any atom is -0.434 e. The molecule has 0 unspecified atom stereocenters. The number of benzene rings is 1. The molecule has 0 fully saturated rings. The van der Waals surface area contributed by atoms with Gasteiger partial charge in [-0.05, 0) is 12.1 Å². The van der Waals surface area contributed by atoms with Gasteiger partial charge in [-0.1, -0.05) is 12.0 Å². The lowest BCUT2D eigenvalue weighted by molar-refractivity contribution is -0.0502. The normalized spacial score (nSPS) is 11.1. The van der Waals surface area contributed by atoms with Gasteiger partial charge in [-0.15, -0.1) is 6.42 Å². The number of ether oxygens (including phenoxy) is 1. The Balaban J connectivity index is 3.19. The summed E-state index contributed by atoms with van der Waals surface area (Å²) in [5, 5.41) is 0. The van der Waals surface area contributed by atoms with E-state index in [4.69, 9.17) is 12.2 Å². The Morgan fingerprint density at radius 3 is 2.71 bits per heavy atom. The fourth-order valence-corrected chi connectivity index (χ4v) is 3.75. The molecule has 0 aromatic heterocycles. The molecule has 1 amide bonds. The van der Waals surface area contributed by atoms with Gasteiger partial charge in [-0.2, -0.15) is 13.5 Å². The summed E-state index contributed by atoms with van der Waals surface area (Å²) < 4.78 is 54.1. The van der Waals surface area contributed by atoms with Crippen LogP contribution in [0.5, 0.6) is 5.75 Å². The predicted molar refractivity (Wildman–Crippen MR) is 73.2 cm³/mol. The highest BCUT2D eigenvalue weighted by Crippen LogP contribution is 2.33. The van der Waals surface area contributed by atoms with Gasteiger partial charge in [-0.3, -0.25) is 4.79 Å². The largest absolute Gasteiger partial charge is 0.434 e. The van der Waals surface area contributed by atoms with E-state index in [1.54, 1.807) is 0 Å². The van der Waals surface area contributed by atoms with Gasteiger partial charge >= 0.3 is 6.61 Å². The zero-order valence-corrected chi connectivity index (χ0v) is 12.0. The van der Waals surface area contributed by atoms with Gasteiger partial charge in [0.1, 0.15) is 5.75 Å². The number of primary amides is 1. The topological polar surface area (TPSA) is 98.5 Å². The summed E-state index contributed by atoms with van der Waals surface area (Å²) in [6.45, 7) is -3.44. The molecular formula is C11H10F2N2O4S2. The lowest BCUT2D eigenvalue weighted by atomic mass is 10.2. The van der Waals surface area contributed by atoms with Crippen LogP contribution in [-0.4, -0.2) is 27.5 Å². The minimum atomic E-state index is -3.92. The number of hydrogen-bond donors (Lipinski definition) is 2. The number of nitrogens with one attached hydrogen (secondary N) is 1. The Bertz CT molecular complexity index is 671. The Hall–Kier alpha value is -1.83. The average Bonchev–Trinajstić information content (AvgIpc) is 2.35. The van der Waals surface area contributed by atoms with Gasteiger partial charge < -0.3 is 10.5 Å². The summed E-state index contributed by atoms with van der Waals surface area (Å²) in [6, 6.07) is 3.57. The number of hydrogen-bond acceptors (Lipinski definition) is 5. The SMILES string of the molecule is C#CCNS(=O)(=O)Sc1cccc(OC(F)F)c1C(N)=O. The van der Waals surface area contributed by atoms with Crippen molar-refractivity contribution in [2.24, 2.45) is 5.73 Å². The van der Waals surface area contributed by atoms with E-state index in [1.165, 1.54) is 12.1 Å². The molecule has 0 atom stereocenters. The molecule has 0 saturated heterocycles. The molecule has 10 heteroatoms. The quantitative estimate of drug-likeness (QED) is 0.570. The Morgan fingerprint density at radius 2 is 2.19 bits per heavy atom. The number of carbonyl (C=O) groups is 1. The summed E-state index contributed by atoms with van der Waals surface area (Å²) in [4.78, 5) is 11.2. The highest BCUT2D eigenvalue weighted by molar-refractivity contribution is 8.71. The maximum absolute atomic E-state index is 12.3. The Labute approximate surface area is 123 Å². The first kappa shape index (κ1) is 17.2. The zero-order valence-electron chi connectivity index (χ0n) is 10.4. The maximum atomic E-state index is 12.3. The van der Waals surface area contributed by atoms with Crippen LogP contribution >= 0.6 is 10.8 Å². The summed E-state index contributed by atoms with van der Waals surface area (Å²) in [5.74, 6) is 0.464. The lowest BCUT2D eigenvalue weighted by Crippen LogP contribution is -2.21. The number of terminal acetylenes is 1. The van der Waals surface area contributed by atoms with E-state index in [2.05, 4.69) is 10.7 Å². The van der Waals surface area contributed by atoms with E-state index in [-0.39, 0.29) is 22.2 Å². The molecular weight excluding hydrogens is 326 g/mol. The fraction of sp³-hybridized carbons (Fsp3) is 0.182. The van der Waals surface area contributed by atoms with E-state index in [9.17, 15) is 22.0 Å². The number of alkyl halides is 2. The molecule has 0 aliphatic heterocycles. The van der Waals surface area contributed by atoms with Crippen LogP contribution in [0.4, 0.5) is 8.78 Å². The van der Waals surface area contributed by atoms with E-state index in [1.807, 2.05) is 4.72 Å². The van der Waals surface area contributed by atoms with E-state index in [0.717, 1.165) is 6.07 Å². The third-order valence-corrected chi connectivity index (χ3v) is 4.79. The summed E-state index contributed by atoms with van der Waals surface area (Å²) >= 11 is 0. The third-order valence-electron chi connectivity index (χ3n) is 2.00. The molecule has 1 aromatic carbocycles. The van der Waals surface area contributed by atoms with Crippen molar-refractivity contribution in [2.75, 3.05) is 6.54 Å². The zero-order chi connectivity index (χ0) is 16.0. The molecule has 0 saturated carbocycles. The molecule has 3 N–H and O–H groups in total. The van der Waals surface area contributed by atoms with Crippen molar-refractivity contribution < 1.29 is 26.7 Å². The standard InChI is InChI=1S/C11H10F2N2O4S2/c1-2-6-15-21(17,18)20-8-5-3-4-7(19-11(12)13)9(8)10(14)16/h1,3-5,11,15H,6H2,(H2,14,16). The second kappa shape index (κ2) is 7.26. The van der Waals surface area contributed by atoms with Crippen LogP contribution in [0, 0.1) is 12.3 Å². The molecule has 0 bridgehead atoms. The maximum Gasteiger partial charge on any atom is 0.387 e. The van der Waals surface area contributed by atoms with Gasteiger partial charge in [0.2, 0.25) is 0 Å². The Kier molecular flexibility index (Phi) is 5.95. The van der Waals surface area contributed by atoms with Gasteiger partial charge in [-0.25, -0.2) is 8.42 Å². The highest BCUT2D eigenvalue weighted by Gasteiger charge is 2.22. The second-order valence-corrected chi connectivity index (χ2v) is 7.05. The van der Waals surface area contributed by atoms with Crippen LogP contribution in [0.25, 0.3) is 0 Å². The molecule has 0 aliphatic carbocycles. The number of nitrogens with two attached hydrogens (primary N) is 1. The molecule has 1 aromatic rings. The minimum absolute atomic E-state index is 0.148. The first-order valence-corrected chi connectivity index (χ1v) is 8.08.